The van der Waals surface area contributed by atoms with Crippen LogP contribution in [-0.4, -0.2) is 24.9 Å². The van der Waals surface area contributed by atoms with Crippen molar-refractivity contribution in [3.05, 3.63) is 33.8 Å². The Morgan fingerprint density at radius 1 is 1.59 bits per heavy atom. The van der Waals surface area contributed by atoms with E-state index < -0.39 is 0 Å². The Hall–Kier alpha value is -0.520. The third-order valence-electron chi connectivity index (χ3n) is 2.33. The first-order chi connectivity index (χ1) is 8.08. The molecule has 0 fully saturated rings. The van der Waals surface area contributed by atoms with Crippen LogP contribution >= 0.6 is 27.7 Å². The number of thioether (sulfide) groups is 1. The van der Waals surface area contributed by atoms with Gasteiger partial charge in [0.05, 0.1) is 12.7 Å². The monoisotopic (exact) mass is 317 g/mol. The highest BCUT2D eigenvalue weighted by Gasteiger charge is 2.09. The van der Waals surface area contributed by atoms with E-state index in [-0.39, 0.29) is 5.97 Å². The second-order valence-corrected chi connectivity index (χ2v) is 5.94. The summed E-state index contributed by atoms with van der Waals surface area (Å²) in [6, 6.07) is 5.50. The Bertz CT molecular complexity index is 398. The first-order valence-corrected chi connectivity index (χ1v) is 7.11. The van der Waals surface area contributed by atoms with Crippen LogP contribution in [0.5, 0.6) is 0 Å². The van der Waals surface area contributed by atoms with Crippen LogP contribution in [-0.2, 0) is 10.5 Å². The van der Waals surface area contributed by atoms with E-state index in [9.17, 15) is 4.79 Å². The molecule has 3 nitrogen and oxygen atoms in total. The summed E-state index contributed by atoms with van der Waals surface area (Å²) in [4.78, 5) is 11.3. The highest BCUT2D eigenvalue weighted by molar-refractivity contribution is 9.10. The number of methoxy groups -OCH3 is 1. The van der Waals surface area contributed by atoms with Crippen LogP contribution in [0.1, 0.15) is 22.8 Å². The summed E-state index contributed by atoms with van der Waals surface area (Å²) in [5.41, 5.74) is 7.27. The number of halogens is 1. The molecule has 0 amide bonds. The van der Waals surface area contributed by atoms with Crippen LogP contribution < -0.4 is 5.73 Å². The smallest absolute Gasteiger partial charge is 0.337 e. The molecule has 2 N–H and O–H groups in total. The molecule has 1 unspecified atom stereocenters. The average Bonchev–Trinajstić information content (AvgIpc) is 2.35. The number of hydrogen-bond donors (Lipinski definition) is 1. The first kappa shape index (κ1) is 14.5. The molecule has 0 aliphatic heterocycles. The summed E-state index contributed by atoms with van der Waals surface area (Å²) in [5.74, 6) is 0.556. The largest absolute Gasteiger partial charge is 0.465 e. The summed E-state index contributed by atoms with van der Waals surface area (Å²) < 4.78 is 5.59. The van der Waals surface area contributed by atoms with Crippen molar-refractivity contribution >= 4 is 33.7 Å². The van der Waals surface area contributed by atoms with Gasteiger partial charge in [0.15, 0.2) is 0 Å². The van der Waals surface area contributed by atoms with E-state index in [0.717, 1.165) is 15.8 Å². The number of hydrogen-bond acceptors (Lipinski definition) is 4. The summed E-state index contributed by atoms with van der Waals surface area (Å²) in [6.45, 7) is 2.77. The molecule has 1 aromatic carbocycles. The number of carbonyl (C=O) groups excluding carboxylic acids is 1. The second-order valence-electron chi connectivity index (χ2n) is 3.66. The molecule has 0 aliphatic carbocycles. The minimum absolute atomic E-state index is 0.319. The quantitative estimate of drug-likeness (QED) is 0.848. The molecule has 0 aliphatic rings. The van der Waals surface area contributed by atoms with Gasteiger partial charge in [-0.05, 0) is 17.7 Å². The second kappa shape index (κ2) is 7.03. The third-order valence-corrected chi connectivity index (χ3v) is 4.31. The fourth-order valence-corrected chi connectivity index (χ4v) is 2.77. The maximum Gasteiger partial charge on any atom is 0.337 e. The molecule has 1 atom stereocenters. The number of ether oxygens (including phenoxy) is 1. The lowest BCUT2D eigenvalue weighted by molar-refractivity contribution is 0.0600. The molecule has 0 heterocycles. The molecular weight excluding hydrogens is 302 g/mol. The molecule has 94 valence electrons. The summed E-state index contributed by atoms with van der Waals surface area (Å²) >= 11 is 5.26. The normalized spacial score (nSPS) is 12.2. The molecule has 0 spiro atoms. The Balaban J connectivity index is 2.73. The molecule has 0 saturated heterocycles. The first-order valence-electron chi connectivity index (χ1n) is 5.27. The molecule has 1 aromatic rings. The zero-order valence-corrected chi connectivity index (χ0v) is 12.3. The van der Waals surface area contributed by atoms with Gasteiger partial charge in [0, 0.05) is 22.0 Å². The third kappa shape index (κ3) is 4.33. The molecular formula is C12H16BrNO2S. The Morgan fingerprint density at radius 2 is 2.29 bits per heavy atom. The fourth-order valence-electron chi connectivity index (χ4n) is 1.21. The average molecular weight is 318 g/mol. The van der Waals surface area contributed by atoms with E-state index in [0.29, 0.717) is 17.4 Å². The topological polar surface area (TPSA) is 52.3 Å². The maximum absolute atomic E-state index is 11.3. The predicted octanol–water partition coefficient (Wildman–Crippen LogP) is 2.82. The Morgan fingerprint density at radius 3 is 2.82 bits per heavy atom. The number of carbonyl (C=O) groups is 1. The van der Waals surface area contributed by atoms with Gasteiger partial charge in [-0.15, -0.1) is 0 Å². The maximum atomic E-state index is 11.3. The highest BCUT2D eigenvalue weighted by Crippen LogP contribution is 2.25. The van der Waals surface area contributed by atoms with Gasteiger partial charge in [0.1, 0.15) is 0 Å². The Labute approximate surface area is 114 Å². The van der Waals surface area contributed by atoms with E-state index in [1.165, 1.54) is 7.11 Å². The lowest BCUT2D eigenvalue weighted by Gasteiger charge is -2.10. The van der Waals surface area contributed by atoms with Crippen LogP contribution in [0.3, 0.4) is 0 Å². The van der Waals surface area contributed by atoms with Crippen molar-refractivity contribution < 1.29 is 9.53 Å². The van der Waals surface area contributed by atoms with Crippen LogP contribution in [0.4, 0.5) is 0 Å². The van der Waals surface area contributed by atoms with Crippen LogP contribution in [0.15, 0.2) is 22.7 Å². The number of rotatable bonds is 5. The fraction of sp³-hybridized carbons (Fsp3) is 0.417. The van der Waals surface area contributed by atoms with Crippen molar-refractivity contribution in [2.24, 2.45) is 5.73 Å². The van der Waals surface area contributed by atoms with Crippen molar-refractivity contribution in [1.29, 1.82) is 0 Å². The van der Waals surface area contributed by atoms with Gasteiger partial charge in [0.25, 0.3) is 0 Å². The molecule has 0 saturated carbocycles. The van der Waals surface area contributed by atoms with Gasteiger partial charge in [-0.2, -0.15) is 11.8 Å². The van der Waals surface area contributed by atoms with E-state index in [1.54, 1.807) is 23.9 Å². The standard InChI is InChI=1S/C12H16BrNO2S/c1-8(6-14)17-7-10-4-3-9(5-11(10)13)12(15)16-2/h3-5,8H,6-7,14H2,1-2H3. The summed E-state index contributed by atoms with van der Waals surface area (Å²) in [5, 5.41) is 0.433. The molecule has 17 heavy (non-hydrogen) atoms. The van der Waals surface area contributed by atoms with Crippen molar-refractivity contribution in [1.82, 2.24) is 0 Å². The van der Waals surface area contributed by atoms with Crippen LogP contribution in [0.2, 0.25) is 0 Å². The predicted molar refractivity (Wildman–Crippen MR) is 75.3 cm³/mol. The van der Waals surface area contributed by atoms with Gasteiger partial charge in [-0.1, -0.05) is 28.9 Å². The van der Waals surface area contributed by atoms with Crippen LogP contribution in [0, 0.1) is 0 Å². The van der Waals surface area contributed by atoms with Crippen molar-refractivity contribution in [3.63, 3.8) is 0 Å². The van der Waals surface area contributed by atoms with Crippen LogP contribution in [0.25, 0.3) is 0 Å². The number of nitrogens with two attached hydrogens (primary N) is 1. The van der Waals surface area contributed by atoms with Gasteiger partial charge >= 0.3 is 5.97 Å². The van der Waals surface area contributed by atoms with Crippen molar-refractivity contribution in [2.45, 2.75) is 17.9 Å². The van der Waals surface area contributed by atoms with E-state index in [4.69, 9.17) is 5.73 Å². The molecule has 1 rings (SSSR count). The summed E-state index contributed by atoms with van der Waals surface area (Å²) in [6.07, 6.45) is 0. The lowest BCUT2D eigenvalue weighted by atomic mass is 10.1. The Kier molecular flexibility index (Phi) is 6.02. The van der Waals surface area contributed by atoms with Crippen molar-refractivity contribution in [3.8, 4) is 0 Å². The van der Waals surface area contributed by atoms with Gasteiger partial charge in [-0.3, -0.25) is 0 Å². The minimum Gasteiger partial charge on any atom is -0.465 e. The van der Waals surface area contributed by atoms with E-state index in [1.807, 2.05) is 6.07 Å². The number of benzene rings is 1. The van der Waals surface area contributed by atoms with Crippen molar-refractivity contribution in [2.75, 3.05) is 13.7 Å². The molecule has 0 radical (unpaired) electrons. The number of esters is 1. The molecule has 0 aromatic heterocycles. The summed E-state index contributed by atoms with van der Waals surface area (Å²) in [7, 11) is 1.38. The molecule has 5 heteroatoms. The highest BCUT2D eigenvalue weighted by atomic mass is 79.9. The zero-order chi connectivity index (χ0) is 12.8. The zero-order valence-electron chi connectivity index (χ0n) is 9.90. The SMILES string of the molecule is COC(=O)c1ccc(CSC(C)CN)c(Br)c1. The van der Waals surface area contributed by atoms with Gasteiger partial charge in [-0.25, -0.2) is 4.79 Å². The minimum atomic E-state index is -0.319. The molecule has 0 bridgehead atoms. The van der Waals surface area contributed by atoms with Gasteiger partial charge < -0.3 is 10.5 Å². The van der Waals surface area contributed by atoms with E-state index in [2.05, 4.69) is 27.6 Å². The lowest BCUT2D eigenvalue weighted by Crippen LogP contribution is -2.12. The van der Waals surface area contributed by atoms with Gasteiger partial charge in [0.2, 0.25) is 0 Å². The van der Waals surface area contributed by atoms with E-state index >= 15 is 0 Å².